The number of rotatable bonds is 9. The average Bonchev–Trinajstić information content (AvgIpc) is 3.12. The second-order valence-corrected chi connectivity index (χ2v) is 8.13. The number of carbonyl (C=O) groups is 1. The molecule has 0 amide bonds. The van der Waals surface area contributed by atoms with Gasteiger partial charge in [-0.2, -0.15) is 0 Å². The average molecular weight is 382 g/mol. The van der Waals surface area contributed by atoms with E-state index in [0.29, 0.717) is 18.9 Å². The zero-order valence-corrected chi connectivity index (χ0v) is 16.8. The van der Waals surface area contributed by atoms with E-state index in [1.54, 1.807) is 0 Å². The van der Waals surface area contributed by atoms with Crippen LogP contribution in [0.15, 0.2) is 60.7 Å². The molecule has 28 heavy (non-hydrogen) atoms. The molecule has 0 aromatic heterocycles. The third-order valence-electron chi connectivity index (χ3n) is 5.42. The SMILES string of the molecule is CC(C)C[C@@H]([C@@H](O)[C@@H]1CCOC1=O)N(Cc1ccccc1)Cc1ccccc1. The molecule has 1 fully saturated rings. The summed E-state index contributed by atoms with van der Waals surface area (Å²) in [7, 11) is 0. The molecule has 2 aromatic rings. The van der Waals surface area contributed by atoms with Gasteiger partial charge in [0.15, 0.2) is 0 Å². The molecule has 4 heteroatoms. The molecule has 1 N–H and O–H groups in total. The topological polar surface area (TPSA) is 49.8 Å². The van der Waals surface area contributed by atoms with E-state index in [4.69, 9.17) is 4.74 Å². The lowest BCUT2D eigenvalue weighted by atomic mass is 9.88. The fourth-order valence-corrected chi connectivity index (χ4v) is 4.00. The summed E-state index contributed by atoms with van der Waals surface area (Å²) in [5, 5.41) is 11.2. The first-order valence-corrected chi connectivity index (χ1v) is 10.2. The molecule has 0 spiro atoms. The van der Waals surface area contributed by atoms with Gasteiger partial charge in [-0.15, -0.1) is 0 Å². The predicted molar refractivity (Wildman–Crippen MR) is 110 cm³/mol. The molecule has 0 aliphatic carbocycles. The molecule has 0 unspecified atom stereocenters. The van der Waals surface area contributed by atoms with Crippen molar-refractivity contribution in [3.05, 3.63) is 71.8 Å². The van der Waals surface area contributed by atoms with Crippen molar-refractivity contribution in [3.63, 3.8) is 0 Å². The molecular formula is C24H31NO3. The zero-order chi connectivity index (χ0) is 19.9. The highest BCUT2D eigenvalue weighted by Gasteiger charge is 2.40. The van der Waals surface area contributed by atoms with Gasteiger partial charge in [-0.05, 0) is 29.9 Å². The van der Waals surface area contributed by atoms with Crippen molar-refractivity contribution >= 4 is 5.97 Å². The molecule has 1 aliphatic heterocycles. The van der Waals surface area contributed by atoms with E-state index in [2.05, 4.69) is 43.0 Å². The first-order chi connectivity index (χ1) is 13.5. The summed E-state index contributed by atoms with van der Waals surface area (Å²) < 4.78 is 5.14. The third-order valence-corrected chi connectivity index (χ3v) is 5.42. The summed E-state index contributed by atoms with van der Waals surface area (Å²) >= 11 is 0. The van der Waals surface area contributed by atoms with Crippen LogP contribution in [0.1, 0.15) is 37.8 Å². The van der Waals surface area contributed by atoms with Crippen molar-refractivity contribution in [2.45, 2.75) is 51.9 Å². The summed E-state index contributed by atoms with van der Waals surface area (Å²) in [4.78, 5) is 14.5. The molecule has 0 bridgehead atoms. The van der Waals surface area contributed by atoms with Gasteiger partial charge in [-0.1, -0.05) is 74.5 Å². The van der Waals surface area contributed by atoms with Crippen molar-refractivity contribution in [2.24, 2.45) is 11.8 Å². The van der Waals surface area contributed by atoms with Gasteiger partial charge in [0.2, 0.25) is 0 Å². The molecule has 1 heterocycles. The van der Waals surface area contributed by atoms with Gasteiger partial charge < -0.3 is 9.84 Å². The van der Waals surface area contributed by atoms with Crippen LogP contribution in [0.2, 0.25) is 0 Å². The highest BCUT2D eigenvalue weighted by Crippen LogP contribution is 2.28. The van der Waals surface area contributed by atoms with E-state index in [1.165, 1.54) is 11.1 Å². The van der Waals surface area contributed by atoms with Gasteiger partial charge in [-0.3, -0.25) is 9.69 Å². The molecule has 0 saturated carbocycles. The minimum Gasteiger partial charge on any atom is -0.465 e. The number of carbonyl (C=O) groups excluding carboxylic acids is 1. The van der Waals surface area contributed by atoms with Crippen LogP contribution in [0.25, 0.3) is 0 Å². The maximum atomic E-state index is 12.1. The Balaban J connectivity index is 1.88. The summed E-state index contributed by atoms with van der Waals surface area (Å²) in [6, 6.07) is 20.5. The summed E-state index contributed by atoms with van der Waals surface area (Å²) in [6.45, 7) is 6.19. The van der Waals surface area contributed by atoms with E-state index < -0.39 is 12.0 Å². The molecule has 1 aliphatic rings. The minimum atomic E-state index is -0.732. The molecular weight excluding hydrogens is 350 g/mol. The molecule has 150 valence electrons. The predicted octanol–water partition coefficient (Wildman–Crippen LogP) is 4.03. The second kappa shape index (κ2) is 9.85. The van der Waals surface area contributed by atoms with Crippen molar-refractivity contribution in [2.75, 3.05) is 6.61 Å². The van der Waals surface area contributed by atoms with Crippen LogP contribution in [0.3, 0.4) is 0 Å². The Labute approximate surface area is 168 Å². The van der Waals surface area contributed by atoms with Crippen LogP contribution in [-0.4, -0.2) is 34.7 Å². The van der Waals surface area contributed by atoms with Crippen molar-refractivity contribution in [1.29, 1.82) is 0 Å². The number of benzene rings is 2. The number of cyclic esters (lactones) is 1. The minimum absolute atomic E-state index is 0.115. The van der Waals surface area contributed by atoms with Gasteiger partial charge in [0, 0.05) is 19.1 Å². The van der Waals surface area contributed by atoms with Gasteiger partial charge in [0.05, 0.1) is 18.6 Å². The maximum Gasteiger partial charge on any atom is 0.311 e. The van der Waals surface area contributed by atoms with Gasteiger partial charge >= 0.3 is 5.97 Å². The molecule has 4 nitrogen and oxygen atoms in total. The van der Waals surface area contributed by atoms with Crippen LogP contribution in [0, 0.1) is 11.8 Å². The zero-order valence-electron chi connectivity index (χ0n) is 16.8. The van der Waals surface area contributed by atoms with Gasteiger partial charge in [0.1, 0.15) is 0 Å². The highest BCUT2D eigenvalue weighted by molar-refractivity contribution is 5.74. The van der Waals surface area contributed by atoms with E-state index in [9.17, 15) is 9.90 Å². The highest BCUT2D eigenvalue weighted by atomic mass is 16.5. The molecule has 0 radical (unpaired) electrons. The Morgan fingerprint density at radius 3 is 1.96 bits per heavy atom. The first kappa shape index (κ1) is 20.6. The maximum absolute atomic E-state index is 12.1. The largest absolute Gasteiger partial charge is 0.465 e. The van der Waals surface area contributed by atoms with Gasteiger partial charge in [0.25, 0.3) is 0 Å². The number of hydrogen-bond donors (Lipinski definition) is 1. The molecule has 2 aromatic carbocycles. The fraction of sp³-hybridized carbons (Fsp3) is 0.458. The van der Waals surface area contributed by atoms with E-state index in [1.807, 2.05) is 36.4 Å². The normalized spacial score (nSPS) is 19.0. The molecule has 3 rings (SSSR count). The van der Waals surface area contributed by atoms with Crippen molar-refractivity contribution in [1.82, 2.24) is 4.90 Å². The van der Waals surface area contributed by atoms with E-state index in [0.717, 1.165) is 19.5 Å². The number of aliphatic hydroxyl groups excluding tert-OH is 1. The number of aliphatic hydroxyl groups is 1. The van der Waals surface area contributed by atoms with Crippen LogP contribution in [0.5, 0.6) is 0 Å². The van der Waals surface area contributed by atoms with Crippen LogP contribution < -0.4 is 0 Å². The van der Waals surface area contributed by atoms with Gasteiger partial charge in [-0.25, -0.2) is 0 Å². The third kappa shape index (κ3) is 5.43. The van der Waals surface area contributed by atoms with Crippen LogP contribution >= 0.6 is 0 Å². The number of esters is 1. The molecule has 3 atom stereocenters. The van der Waals surface area contributed by atoms with E-state index in [-0.39, 0.29) is 12.0 Å². The second-order valence-electron chi connectivity index (χ2n) is 8.13. The Kier molecular flexibility index (Phi) is 7.24. The lowest BCUT2D eigenvalue weighted by Gasteiger charge is -2.37. The Morgan fingerprint density at radius 1 is 1.00 bits per heavy atom. The monoisotopic (exact) mass is 381 g/mol. The summed E-state index contributed by atoms with van der Waals surface area (Å²) in [5.74, 6) is -0.287. The number of nitrogens with zero attached hydrogens (tertiary/aromatic N) is 1. The Morgan fingerprint density at radius 2 is 1.54 bits per heavy atom. The smallest absolute Gasteiger partial charge is 0.311 e. The van der Waals surface area contributed by atoms with Crippen molar-refractivity contribution in [3.8, 4) is 0 Å². The van der Waals surface area contributed by atoms with Crippen molar-refractivity contribution < 1.29 is 14.6 Å². The fourth-order valence-electron chi connectivity index (χ4n) is 4.00. The van der Waals surface area contributed by atoms with Crippen LogP contribution in [-0.2, 0) is 22.6 Å². The summed E-state index contributed by atoms with van der Waals surface area (Å²) in [5.41, 5.74) is 2.40. The van der Waals surface area contributed by atoms with Crippen LogP contribution in [0.4, 0.5) is 0 Å². The standard InChI is InChI=1S/C24H31NO3/c1-18(2)15-22(23(26)21-13-14-28-24(21)27)25(16-19-9-5-3-6-10-19)17-20-11-7-4-8-12-20/h3-12,18,21-23,26H,13-17H2,1-2H3/t21-,22-,23-/m0/s1. The quantitative estimate of drug-likeness (QED) is 0.667. The summed E-state index contributed by atoms with van der Waals surface area (Å²) in [6.07, 6.45) is 0.689. The van der Waals surface area contributed by atoms with E-state index >= 15 is 0 Å². The Bertz CT molecular complexity index is 691. The Hall–Kier alpha value is -2.17. The lowest BCUT2D eigenvalue weighted by molar-refractivity contribution is -0.145. The number of hydrogen-bond acceptors (Lipinski definition) is 4. The molecule has 1 saturated heterocycles. The first-order valence-electron chi connectivity index (χ1n) is 10.2. The number of ether oxygens (including phenoxy) is 1. The lowest BCUT2D eigenvalue weighted by Crippen LogP contribution is -2.48.